The predicted octanol–water partition coefficient (Wildman–Crippen LogP) is 7.03. The zero-order valence-corrected chi connectivity index (χ0v) is 20.1. The van der Waals surface area contributed by atoms with Crippen LogP contribution in [0.1, 0.15) is 5.56 Å². The normalized spacial score (nSPS) is 11.5. The Labute approximate surface area is 212 Å². The maximum atomic E-state index is 13.4. The number of hydrogen-bond acceptors (Lipinski definition) is 3. The molecule has 0 aliphatic carbocycles. The zero-order valence-electron chi connectivity index (χ0n) is 20.1. The van der Waals surface area contributed by atoms with Gasteiger partial charge in [0.25, 0.3) is 0 Å². The fraction of sp³-hybridized carbons (Fsp3) is 0.0312. The van der Waals surface area contributed by atoms with Crippen molar-refractivity contribution >= 4 is 27.3 Å². The quantitative estimate of drug-likeness (QED) is 0.277. The minimum Gasteiger partial charge on any atom is -0.247 e. The summed E-state index contributed by atoms with van der Waals surface area (Å²) in [6.45, 7) is 2.08. The Morgan fingerprint density at radius 3 is 2.05 bits per heavy atom. The van der Waals surface area contributed by atoms with Crippen LogP contribution in [-0.4, -0.2) is 19.6 Å². The fourth-order valence-corrected chi connectivity index (χ4v) is 5.27. The van der Waals surface area contributed by atoms with Crippen LogP contribution in [0.2, 0.25) is 0 Å². The van der Waals surface area contributed by atoms with Crippen LogP contribution in [0.15, 0.2) is 114 Å². The molecule has 0 aliphatic rings. The van der Waals surface area contributed by atoms with Crippen LogP contribution in [0.25, 0.3) is 61.0 Å². The van der Waals surface area contributed by atoms with Crippen LogP contribution in [0.5, 0.6) is 0 Å². The van der Waals surface area contributed by atoms with Gasteiger partial charge in [0.1, 0.15) is 0 Å². The highest BCUT2D eigenvalue weighted by atomic mass is 16.1. The second-order valence-corrected chi connectivity index (χ2v) is 9.24. The number of hydrogen-bond donors (Lipinski definition) is 1. The van der Waals surface area contributed by atoms with Crippen LogP contribution in [0.4, 0.5) is 0 Å². The third kappa shape index (κ3) is 3.28. The molecule has 0 fully saturated rings. The molecule has 37 heavy (non-hydrogen) atoms. The minimum absolute atomic E-state index is 0.272. The lowest BCUT2D eigenvalue weighted by atomic mass is 9.90. The molecule has 0 unspecified atom stereocenters. The number of benzene rings is 4. The molecular weight excluding hydrogens is 456 g/mol. The molecule has 0 saturated heterocycles. The smallest absolute Gasteiger partial charge is 0.247 e. The largest absolute Gasteiger partial charge is 0.348 e. The first kappa shape index (κ1) is 21.3. The summed E-state index contributed by atoms with van der Waals surface area (Å²) in [5.74, 6) is 0. The number of fused-ring (bicyclic) bond motifs is 5. The number of H-pyrrole nitrogens is 1. The Bertz CT molecular complexity index is 1990. The standard InChI is InChI=1S/C32H22N4O/c1-20-16-18-22(19-17-20)29-28-26(21-10-4-2-5-11-21)30(23-12-6-3-7-13-23)36-31(34-35-32(36)37)27(28)24-14-8-9-15-25(24)33-29/h2-19H,1H3,(H,35,37). The Morgan fingerprint density at radius 1 is 0.676 bits per heavy atom. The summed E-state index contributed by atoms with van der Waals surface area (Å²) in [7, 11) is 0. The van der Waals surface area contributed by atoms with Crippen LogP contribution in [0.3, 0.4) is 0 Å². The van der Waals surface area contributed by atoms with Crippen molar-refractivity contribution in [3.63, 3.8) is 0 Å². The second kappa shape index (κ2) is 8.28. The van der Waals surface area contributed by atoms with Crippen molar-refractivity contribution in [3.05, 3.63) is 125 Å². The number of aromatic amines is 1. The molecule has 7 aromatic rings. The molecule has 0 bridgehead atoms. The molecule has 1 N–H and O–H groups in total. The summed E-state index contributed by atoms with van der Waals surface area (Å²) in [6.07, 6.45) is 0. The van der Waals surface area contributed by atoms with Gasteiger partial charge in [0.15, 0.2) is 5.65 Å². The lowest BCUT2D eigenvalue weighted by Crippen LogP contribution is -2.13. The van der Waals surface area contributed by atoms with Crippen molar-refractivity contribution in [2.45, 2.75) is 6.92 Å². The van der Waals surface area contributed by atoms with Crippen molar-refractivity contribution in [3.8, 4) is 33.6 Å². The maximum absolute atomic E-state index is 13.4. The van der Waals surface area contributed by atoms with Crippen molar-refractivity contribution < 1.29 is 0 Å². The molecule has 0 saturated carbocycles. The number of rotatable bonds is 3. The predicted molar refractivity (Wildman–Crippen MR) is 150 cm³/mol. The number of aryl methyl sites for hydroxylation is 1. The van der Waals surface area contributed by atoms with E-state index in [9.17, 15) is 4.79 Å². The molecule has 0 atom stereocenters. The van der Waals surface area contributed by atoms with E-state index in [0.717, 1.165) is 55.3 Å². The molecule has 176 valence electrons. The molecule has 0 spiro atoms. The highest BCUT2D eigenvalue weighted by Crippen LogP contribution is 2.44. The van der Waals surface area contributed by atoms with Crippen LogP contribution in [0, 0.1) is 6.92 Å². The van der Waals surface area contributed by atoms with Gasteiger partial charge in [-0.15, -0.1) is 0 Å². The number of para-hydroxylation sites is 1. The molecule has 0 amide bonds. The Morgan fingerprint density at radius 2 is 1.32 bits per heavy atom. The number of nitrogens with one attached hydrogen (secondary N) is 1. The first-order chi connectivity index (χ1) is 18.2. The molecule has 4 aromatic carbocycles. The van der Waals surface area contributed by atoms with E-state index in [4.69, 9.17) is 4.98 Å². The van der Waals surface area contributed by atoms with E-state index >= 15 is 0 Å². The summed E-state index contributed by atoms with van der Waals surface area (Å²) in [6, 6.07) is 36.8. The van der Waals surface area contributed by atoms with Crippen LogP contribution >= 0.6 is 0 Å². The average molecular weight is 479 g/mol. The monoisotopic (exact) mass is 478 g/mol. The fourth-order valence-electron chi connectivity index (χ4n) is 5.27. The molecule has 0 aliphatic heterocycles. The van der Waals surface area contributed by atoms with E-state index in [1.165, 1.54) is 5.56 Å². The van der Waals surface area contributed by atoms with E-state index in [1.807, 2.05) is 66.7 Å². The molecule has 7 rings (SSSR count). The summed E-state index contributed by atoms with van der Waals surface area (Å²) >= 11 is 0. The van der Waals surface area contributed by atoms with Crippen molar-refractivity contribution in [1.82, 2.24) is 19.6 Å². The topological polar surface area (TPSA) is 63.1 Å². The van der Waals surface area contributed by atoms with E-state index < -0.39 is 0 Å². The van der Waals surface area contributed by atoms with Gasteiger partial charge in [0.05, 0.1) is 16.9 Å². The van der Waals surface area contributed by atoms with E-state index in [0.29, 0.717) is 5.65 Å². The third-order valence-electron chi connectivity index (χ3n) is 6.93. The van der Waals surface area contributed by atoms with Gasteiger partial charge >= 0.3 is 5.69 Å². The van der Waals surface area contributed by atoms with Gasteiger partial charge in [-0.2, -0.15) is 5.10 Å². The third-order valence-corrected chi connectivity index (χ3v) is 6.93. The summed E-state index contributed by atoms with van der Waals surface area (Å²) in [5, 5.41) is 10.1. The number of aromatic nitrogens is 4. The molecule has 5 heteroatoms. The summed E-state index contributed by atoms with van der Waals surface area (Å²) in [4.78, 5) is 18.6. The number of pyridine rings is 2. The van der Waals surface area contributed by atoms with Gasteiger partial charge in [-0.05, 0) is 24.1 Å². The first-order valence-electron chi connectivity index (χ1n) is 12.2. The number of nitrogens with zero attached hydrogens (tertiary/aromatic N) is 3. The van der Waals surface area contributed by atoms with Gasteiger partial charge in [0.2, 0.25) is 0 Å². The van der Waals surface area contributed by atoms with Gasteiger partial charge < -0.3 is 0 Å². The van der Waals surface area contributed by atoms with Crippen molar-refractivity contribution in [2.75, 3.05) is 0 Å². The van der Waals surface area contributed by atoms with Gasteiger partial charge in [-0.1, -0.05) is 109 Å². The molecule has 5 nitrogen and oxygen atoms in total. The second-order valence-electron chi connectivity index (χ2n) is 9.24. The van der Waals surface area contributed by atoms with Crippen LogP contribution < -0.4 is 5.69 Å². The zero-order chi connectivity index (χ0) is 24.9. The lowest BCUT2D eigenvalue weighted by Gasteiger charge is -2.20. The molecular formula is C32H22N4O. The lowest BCUT2D eigenvalue weighted by molar-refractivity contribution is 1.03. The highest BCUT2D eigenvalue weighted by Gasteiger charge is 2.25. The Hall–Kier alpha value is -5.03. The average Bonchev–Trinajstić information content (AvgIpc) is 3.34. The molecule has 3 aromatic heterocycles. The van der Waals surface area contributed by atoms with E-state index in [2.05, 4.69) is 59.6 Å². The highest BCUT2D eigenvalue weighted by molar-refractivity contribution is 6.23. The SMILES string of the molecule is Cc1ccc(-c2nc3ccccc3c3c2c(-c2ccccc2)c(-c2ccccc2)n2c(=O)[nH]nc32)cc1. The maximum Gasteiger partial charge on any atom is 0.348 e. The Balaban J connectivity index is 1.83. The molecule has 3 heterocycles. The van der Waals surface area contributed by atoms with E-state index in [1.54, 1.807) is 4.40 Å². The Kier molecular flexibility index (Phi) is 4.76. The first-order valence-corrected chi connectivity index (χ1v) is 12.2. The van der Waals surface area contributed by atoms with Gasteiger partial charge in [0, 0.05) is 27.3 Å². The van der Waals surface area contributed by atoms with E-state index in [-0.39, 0.29) is 5.69 Å². The van der Waals surface area contributed by atoms with Crippen LogP contribution in [-0.2, 0) is 0 Å². The summed E-state index contributed by atoms with van der Waals surface area (Å²) < 4.78 is 1.71. The minimum atomic E-state index is -0.272. The molecule has 0 radical (unpaired) electrons. The summed E-state index contributed by atoms with van der Waals surface area (Å²) in [5.41, 5.74) is 7.91. The van der Waals surface area contributed by atoms with Crippen molar-refractivity contribution in [1.29, 1.82) is 0 Å². The van der Waals surface area contributed by atoms with Gasteiger partial charge in [-0.25, -0.2) is 19.3 Å². The van der Waals surface area contributed by atoms with Crippen molar-refractivity contribution in [2.24, 2.45) is 0 Å². The van der Waals surface area contributed by atoms with Gasteiger partial charge in [-0.3, -0.25) is 0 Å².